The van der Waals surface area contributed by atoms with Gasteiger partial charge >= 0.3 is 0 Å². The minimum atomic E-state index is -2.96. The minimum absolute atomic E-state index is 0.0604. The van der Waals surface area contributed by atoms with Crippen LogP contribution in [0.25, 0.3) is 0 Å². The summed E-state index contributed by atoms with van der Waals surface area (Å²) in [6.45, 7) is 0. The quantitative estimate of drug-likeness (QED) is 0.896. The summed E-state index contributed by atoms with van der Waals surface area (Å²) in [5.41, 5.74) is 0.909. The van der Waals surface area contributed by atoms with Crippen LogP contribution in [0.4, 0.5) is 0 Å². The van der Waals surface area contributed by atoms with E-state index in [1.807, 2.05) is 12.1 Å². The number of halogens is 2. The molecule has 0 heterocycles. The highest BCUT2D eigenvalue weighted by Crippen LogP contribution is 2.28. The van der Waals surface area contributed by atoms with E-state index in [0.29, 0.717) is 11.4 Å². The Morgan fingerprint density at radius 2 is 2.12 bits per heavy atom. The van der Waals surface area contributed by atoms with Crippen molar-refractivity contribution in [1.82, 2.24) is 5.32 Å². The molecule has 3 nitrogen and oxygen atoms in total. The summed E-state index contributed by atoms with van der Waals surface area (Å²) in [5, 5.41) is 3.73. The third-order valence-corrected chi connectivity index (χ3v) is 4.27. The number of benzene rings is 1. The largest absolute Gasteiger partial charge is 0.313 e. The van der Waals surface area contributed by atoms with E-state index >= 15 is 0 Å². The van der Waals surface area contributed by atoms with Gasteiger partial charge in [0.1, 0.15) is 9.84 Å². The summed E-state index contributed by atoms with van der Waals surface area (Å²) < 4.78 is 23.3. The van der Waals surface area contributed by atoms with Crippen molar-refractivity contribution in [3.63, 3.8) is 0 Å². The third-order valence-electron chi connectivity index (χ3n) is 2.46. The second-order valence-corrected chi connectivity index (χ2v) is 7.51. The van der Waals surface area contributed by atoms with Gasteiger partial charge in [-0.1, -0.05) is 27.5 Å². The number of hydrogen-bond donors (Lipinski definition) is 1. The average Bonchev–Trinajstić information content (AvgIpc) is 2.22. The van der Waals surface area contributed by atoms with Gasteiger partial charge in [0.2, 0.25) is 0 Å². The number of hydrogen-bond acceptors (Lipinski definition) is 3. The van der Waals surface area contributed by atoms with Crippen LogP contribution < -0.4 is 5.32 Å². The van der Waals surface area contributed by atoms with E-state index < -0.39 is 9.84 Å². The highest BCUT2D eigenvalue weighted by atomic mass is 79.9. The lowest BCUT2D eigenvalue weighted by atomic mass is 10.1. The van der Waals surface area contributed by atoms with Gasteiger partial charge in [0.15, 0.2) is 0 Å². The van der Waals surface area contributed by atoms with Gasteiger partial charge in [0, 0.05) is 21.8 Å². The second-order valence-electron chi connectivity index (χ2n) is 3.93. The van der Waals surface area contributed by atoms with Crippen LogP contribution in [0.2, 0.25) is 5.02 Å². The van der Waals surface area contributed by atoms with Crippen LogP contribution in [0.15, 0.2) is 22.7 Å². The van der Waals surface area contributed by atoms with Gasteiger partial charge in [-0.2, -0.15) is 0 Å². The Morgan fingerprint density at radius 1 is 1.47 bits per heavy atom. The monoisotopic (exact) mass is 339 g/mol. The van der Waals surface area contributed by atoms with Crippen LogP contribution in [0.5, 0.6) is 0 Å². The molecule has 6 heteroatoms. The minimum Gasteiger partial charge on any atom is -0.313 e. The molecule has 1 atom stereocenters. The fraction of sp³-hybridized carbons (Fsp3) is 0.455. The lowest BCUT2D eigenvalue weighted by molar-refractivity contribution is 0.559. The summed E-state index contributed by atoms with van der Waals surface area (Å²) in [6, 6.07) is 5.50. The Morgan fingerprint density at radius 3 is 2.65 bits per heavy atom. The first kappa shape index (κ1) is 15.0. The van der Waals surface area contributed by atoms with Crippen LogP contribution in [-0.2, 0) is 9.84 Å². The molecule has 1 aromatic carbocycles. The van der Waals surface area contributed by atoms with E-state index in [9.17, 15) is 8.42 Å². The standard InChI is InChI=1S/C11H15BrClNO2S/c1-14-11(5-6-17(2,15)16)9-7-8(12)3-4-10(9)13/h3-4,7,11,14H,5-6H2,1-2H3. The Balaban J connectivity index is 2.90. The normalized spacial score (nSPS) is 13.6. The van der Waals surface area contributed by atoms with E-state index in [1.54, 1.807) is 13.1 Å². The van der Waals surface area contributed by atoms with Crippen molar-refractivity contribution in [1.29, 1.82) is 0 Å². The van der Waals surface area contributed by atoms with Crippen molar-refractivity contribution in [3.8, 4) is 0 Å². The zero-order chi connectivity index (χ0) is 13.1. The molecule has 17 heavy (non-hydrogen) atoms. The number of sulfone groups is 1. The van der Waals surface area contributed by atoms with E-state index in [1.165, 1.54) is 6.26 Å². The highest BCUT2D eigenvalue weighted by Gasteiger charge is 2.15. The van der Waals surface area contributed by atoms with Gasteiger partial charge in [-0.25, -0.2) is 8.42 Å². The van der Waals surface area contributed by atoms with E-state index in [4.69, 9.17) is 11.6 Å². The third kappa shape index (κ3) is 4.95. The molecule has 0 aromatic heterocycles. The van der Waals surface area contributed by atoms with Crippen LogP contribution in [0, 0.1) is 0 Å². The van der Waals surface area contributed by atoms with Crippen molar-refractivity contribution in [2.24, 2.45) is 0 Å². The fourth-order valence-corrected chi connectivity index (χ4v) is 2.86. The van der Waals surface area contributed by atoms with Gasteiger partial charge in [0.25, 0.3) is 0 Å². The van der Waals surface area contributed by atoms with Crippen LogP contribution >= 0.6 is 27.5 Å². The van der Waals surface area contributed by atoms with Crippen molar-refractivity contribution < 1.29 is 8.42 Å². The molecule has 1 unspecified atom stereocenters. The molecule has 0 aliphatic rings. The van der Waals surface area contributed by atoms with Crippen molar-refractivity contribution in [2.45, 2.75) is 12.5 Å². The number of rotatable bonds is 5. The van der Waals surface area contributed by atoms with Gasteiger partial charge in [-0.05, 0) is 37.2 Å². The Hall–Kier alpha value is -0.100. The van der Waals surface area contributed by atoms with Gasteiger partial charge in [-0.3, -0.25) is 0 Å². The predicted octanol–water partition coefficient (Wildman–Crippen LogP) is 2.80. The Kier molecular flexibility index (Phi) is 5.44. The van der Waals surface area contributed by atoms with Crippen molar-refractivity contribution >= 4 is 37.4 Å². The maximum atomic E-state index is 11.2. The Bertz CT molecular complexity index is 490. The average molecular weight is 341 g/mol. The van der Waals surface area contributed by atoms with Gasteiger partial charge in [-0.15, -0.1) is 0 Å². The first-order valence-corrected chi connectivity index (χ1v) is 8.36. The maximum absolute atomic E-state index is 11.2. The molecule has 0 spiro atoms. The van der Waals surface area contributed by atoms with Crippen LogP contribution in [0.3, 0.4) is 0 Å². The first-order valence-electron chi connectivity index (χ1n) is 5.13. The van der Waals surface area contributed by atoms with E-state index in [-0.39, 0.29) is 11.8 Å². The zero-order valence-electron chi connectivity index (χ0n) is 9.70. The molecular weight excluding hydrogens is 326 g/mol. The summed E-state index contributed by atoms with van der Waals surface area (Å²) in [7, 11) is -1.16. The summed E-state index contributed by atoms with van der Waals surface area (Å²) in [4.78, 5) is 0. The zero-order valence-corrected chi connectivity index (χ0v) is 12.9. The predicted molar refractivity (Wildman–Crippen MR) is 75.3 cm³/mol. The summed E-state index contributed by atoms with van der Waals surface area (Å²) >= 11 is 9.49. The second kappa shape index (κ2) is 6.18. The molecule has 96 valence electrons. The lowest BCUT2D eigenvalue weighted by Crippen LogP contribution is -2.20. The molecule has 0 bridgehead atoms. The lowest BCUT2D eigenvalue weighted by Gasteiger charge is -2.17. The SMILES string of the molecule is CNC(CCS(C)(=O)=O)c1cc(Br)ccc1Cl. The van der Waals surface area contributed by atoms with Crippen molar-refractivity contribution in [3.05, 3.63) is 33.3 Å². The fourth-order valence-electron chi connectivity index (χ4n) is 1.57. The molecule has 0 amide bonds. The van der Waals surface area contributed by atoms with Gasteiger partial charge < -0.3 is 5.32 Å². The van der Waals surface area contributed by atoms with E-state index in [2.05, 4.69) is 21.2 Å². The summed E-state index contributed by atoms with van der Waals surface area (Å²) in [6.07, 6.45) is 1.74. The van der Waals surface area contributed by atoms with E-state index in [0.717, 1.165) is 10.0 Å². The topological polar surface area (TPSA) is 46.2 Å². The Labute approximate surface area is 116 Å². The van der Waals surface area contributed by atoms with Crippen LogP contribution in [-0.4, -0.2) is 27.5 Å². The molecular formula is C11H15BrClNO2S. The molecule has 0 saturated heterocycles. The molecule has 0 aliphatic carbocycles. The first-order chi connectivity index (χ1) is 7.83. The molecule has 1 aromatic rings. The van der Waals surface area contributed by atoms with Crippen molar-refractivity contribution in [2.75, 3.05) is 19.1 Å². The highest BCUT2D eigenvalue weighted by molar-refractivity contribution is 9.10. The molecule has 0 aliphatic heterocycles. The molecule has 0 saturated carbocycles. The van der Waals surface area contributed by atoms with Gasteiger partial charge in [0.05, 0.1) is 5.75 Å². The molecule has 1 N–H and O–H groups in total. The molecule has 0 radical (unpaired) electrons. The maximum Gasteiger partial charge on any atom is 0.147 e. The summed E-state index contributed by atoms with van der Waals surface area (Å²) in [5.74, 6) is 0.140. The molecule has 1 rings (SSSR count). The number of nitrogens with one attached hydrogen (secondary N) is 1. The molecule has 0 fully saturated rings. The van der Waals surface area contributed by atoms with Crippen LogP contribution in [0.1, 0.15) is 18.0 Å². The smallest absolute Gasteiger partial charge is 0.147 e.